The molecular weight excluding hydrogens is 364 g/mol. The molecule has 144 valence electrons. The predicted octanol–water partition coefficient (Wildman–Crippen LogP) is 3.19. The molecule has 27 heavy (non-hydrogen) atoms. The number of benzene rings is 1. The van der Waals surface area contributed by atoms with E-state index in [4.69, 9.17) is 9.15 Å². The number of methoxy groups -OCH3 is 1. The number of nitrogens with one attached hydrogen (secondary N) is 1. The van der Waals surface area contributed by atoms with E-state index in [1.54, 1.807) is 13.2 Å². The van der Waals surface area contributed by atoms with E-state index in [0.717, 1.165) is 23.5 Å². The highest BCUT2D eigenvalue weighted by molar-refractivity contribution is 8.00. The number of ether oxygens (including phenoxy) is 1. The summed E-state index contributed by atoms with van der Waals surface area (Å²) in [5, 5.41) is 2.92. The van der Waals surface area contributed by atoms with Crippen molar-refractivity contribution < 1.29 is 18.7 Å². The molecule has 3 rings (SSSR count). The number of carbonyl (C=O) groups excluding carboxylic acids is 2. The molecule has 0 radical (unpaired) electrons. The van der Waals surface area contributed by atoms with Gasteiger partial charge in [0.05, 0.1) is 24.2 Å². The highest BCUT2D eigenvalue weighted by atomic mass is 32.2. The van der Waals surface area contributed by atoms with Gasteiger partial charge in [0.15, 0.2) is 0 Å². The molecule has 2 aromatic rings. The Hall–Kier alpha value is -2.41. The van der Waals surface area contributed by atoms with Gasteiger partial charge in [-0.3, -0.25) is 9.59 Å². The van der Waals surface area contributed by atoms with Crippen LogP contribution in [0.15, 0.2) is 52.2 Å². The van der Waals surface area contributed by atoms with Gasteiger partial charge in [-0.1, -0.05) is 0 Å². The second kappa shape index (κ2) is 8.99. The van der Waals surface area contributed by atoms with Crippen LogP contribution < -0.4 is 10.1 Å². The fourth-order valence-corrected chi connectivity index (χ4v) is 3.90. The first-order valence-electron chi connectivity index (χ1n) is 8.99. The maximum Gasteiger partial charge on any atom is 0.257 e. The third kappa shape index (κ3) is 5.07. The van der Waals surface area contributed by atoms with Gasteiger partial charge in [0, 0.05) is 24.0 Å². The first-order valence-corrected chi connectivity index (χ1v) is 9.87. The van der Waals surface area contributed by atoms with Crippen molar-refractivity contribution in [3.63, 3.8) is 0 Å². The van der Waals surface area contributed by atoms with Gasteiger partial charge in [0.1, 0.15) is 12.0 Å². The van der Waals surface area contributed by atoms with E-state index >= 15 is 0 Å². The van der Waals surface area contributed by atoms with Crippen molar-refractivity contribution in [3.8, 4) is 5.75 Å². The number of carbonyl (C=O) groups is 2. The molecule has 1 N–H and O–H groups in total. The van der Waals surface area contributed by atoms with Crippen LogP contribution in [0.1, 0.15) is 30.1 Å². The van der Waals surface area contributed by atoms with Crippen molar-refractivity contribution in [1.82, 2.24) is 10.2 Å². The number of piperidine rings is 1. The Morgan fingerprint density at radius 2 is 1.93 bits per heavy atom. The van der Waals surface area contributed by atoms with Crippen LogP contribution in [0.25, 0.3) is 0 Å². The number of likely N-dealkylation sites (tertiary alicyclic amines) is 1. The largest absolute Gasteiger partial charge is 0.497 e. The summed E-state index contributed by atoms with van der Waals surface area (Å²) in [5.41, 5.74) is 0.571. The van der Waals surface area contributed by atoms with E-state index in [9.17, 15) is 9.59 Å². The highest BCUT2D eigenvalue weighted by Crippen LogP contribution is 2.26. The van der Waals surface area contributed by atoms with Crippen molar-refractivity contribution in [2.45, 2.75) is 36.0 Å². The SMILES string of the molecule is COc1ccc(SC(C)C(=O)NC2CCN(C(=O)c3ccoc3)CC2)cc1. The lowest BCUT2D eigenvalue weighted by atomic mass is 10.0. The Kier molecular flexibility index (Phi) is 6.45. The van der Waals surface area contributed by atoms with E-state index in [1.807, 2.05) is 36.1 Å². The van der Waals surface area contributed by atoms with Gasteiger partial charge < -0.3 is 19.4 Å². The molecule has 1 aromatic heterocycles. The summed E-state index contributed by atoms with van der Waals surface area (Å²) in [4.78, 5) is 27.6. The molecular formula is C20H24N2O4S. The monoisotopic (exact) mass is 388 g/mol. The van der Waals surface area contributed by atoms with Crippen LogP contribution >= 0.6 is 11.8 Å². The van der Waals surface area contributed by atoms with Crippen LogP contribution in [0.3, 0.4) is 0 Å². The van der Waals surface area contributed by atoms with Crippen LogP contribution in [0.5, 0.6) is 5.75 Å². The van der Waals surface area contributed by atoms with Crippen LogP contribution in [-0.4, -0.2) is 48.2 Å². The van der Waals surface area contributed by atoms with Crippen LogP contribution in [0, 0.1) is 0 Å². The van der Waals surface area contributed by atoms with E-state index < -0.39 is 0 Å². The van der Waals surface area contributed by atoms with E-state index in [1.165, 1.54) is 24.3 Å². The fourth-order valence-electron chi connectivity index (χ4n) is 3.03. The zero-order chi connectivity index (χ0) is 19.2. The summed E-state index contributed by atoms with van der Waals surface area (Å²) in [6.45, 7) is 3.17. The number of amides is 2. The first-order chi connectivity index (χ1) is 13.1. The maximum atomic E-state index is 12.5. The Labute approximate surface area is 163 Å². The molecule has 0 spiro atoms. The molecule has 2 amide bonds. The average Bonchev–Trinajstić information content (AvgIpc) is 3.23. The molecule has 1 unspecified atom stereocenters. The second-order valence-electron chi connectivity index (χ2n) is 6.52. The third-order valence-corrected chi connectivity index (χ3v) is 5.75. The lowest BCUT2D eigenvalue weighted by Gasteiger charge is -2.32. The number of rotatable bonds is 6. The van der Waals surface area contributed by atoms with Crippen molar-refractivity contribution in [2.75, 3.05) is 20.2 Å². The third-order valence-electron chi connectivity index (χ3n) is 4.64. The van der Waals surface area contributed by atoms with Gasteiger partial charge in [-0.15, -0.1) is 11.8 Å². The summed E-state index contributed by atoms with van der Waals surface area (Å²) in [7, 11) is 1.63. The molecule has 0 aliphatic carbocycles. The van der Waals surface area contributed by atoms with Crippen molar-refractivity contribution >= 4 is 23.6 Å². The molecule has 1 aromatic carbocycles. The van der Waals surface area contributed by atoms with Gasteiger partial charge in [0.25, 0.3) is 5.91 Å². The second-order valence-corrected chi connectivity index (χ2v) is 7.94. The molecule has 7 heteroatoms. The Morgan fingerprint density at radius 3 is 2.52 bits per heavy atom. The summed E-state index contributed by atoms with van der Waals surface area (Å²) >= 11 is 1.52. The van der Waals surface area contributed by atoms with Crippen molar-refractivity contribution in [2.24, 2.45) is 0 Å². The highest BCUT2D eigenvalue weighted by Gasteiger charge is 2.26. The van der Waals surface area contributed by atoms with Gasteiger partial charge in [-0.25, -0.2) is 0 Å². The van der Waals surface area contributed by atoms with Crippen LogP contribution in [0.2, 0.25) is 0 Å². The van der Waals surface area contributed by atoms with E-state index in [-0.39, 0.29) is 23.1 Å². The number of nitrogens with zero attached hydrogens (tertiary/aromatic N) is 1. The van der Waals surface area contributed by atoms with Gasteiger partial charge in [0.2, 0.25) is 5.91 Å². The number of furan rings is 1. The molecule has 6 nitrogen and oxygen atoms in total. The summed E-state index contributed by atoms with van der Waals surface area (Å²) in [6.07, 6.45) is 4.49. The molecule has 1 aliphatic rings. The smallest absolute Gasteiger partial charge is 0.257 e. The van der Waals surface area contributed by atoms with Gasteiger partial charge in [-0.2, -0.15) is 0 Å². The first kappa shape index (κ1) is 19.4. The Bertz CT molecular complexity index is 753. The zero-order valence-corrected chi connectivity index (χ0v) is 16.3. The predicted molar refractivity (Wildman–Crippen MR) is 104 cm³/mol. The van der Waals surface area contributed by atoms with Crippen molar-refractivity contribution in [1.29, 1.82) is 0 Å². The standard InChI is InChI=1S/C20H24N2O4S/c1-14(27-18-5-3-17(25-2)4-6-18)19(23)21-16-7-10-22(11-8-16)20(24)15-9-12-26-13-15/h3-6,9,12-14,16H,7-8,10-11H2,1-2H3,(H,21,23). The van der Waals surface area contributed by atoms with E-state index in [2.05, 4.69) is 5.32 Å². The zero-order valence-electron chi connectivity index (χ0n) is 15.5. The van der Waals surface area contributed by atoms with E-state index in [0.29, 0.717) is 18.7 Å². The number of hydrogen-bond acceptors (Lipinski definition) is 5. The minimum absolute atomic E-state index is 0.0167. The van der Waals surface area contributed by atoms with Gasteiger partial charge in [-0.05, 0) is 50.1 Å². The minimum atomic E-state index is -0.191. The van der Waals surface area contributed by atoms with Crippen molar-refractivity contribution in [3.05, 3.63) is 48.4 Å². The number of hydrogen-bond donors (Lipinski definition) is 1. The fraction of sp³-hybridized carbons (Fsp3) is 0.400. The normalized spacial score (nSPS) is 16.0. The Balaban J connectivity index is 1.45. The summed E-state index contributed by atoms with van der Waals surface area (Å²) < 4.78 is 10.1. The molecule has 1 saturated heterocycles. The van der Waals surface area contributed by atoms with Crippen LogP contribution in [-0.2, 0) is 4.79 Å². The maximum absolute atomic E-state index is 12.5. The summed E-state index contributed by atoms with van der Waals surface area (Å²) in [6, 6.07) is 9.46. The molecule has 0 saturated carbocycles. The van der Waals surface area contributed by atoms with Gasteiger partial charge >= 0.3 is 0 Å². The molecule has 2 heterocycles. The average molecular weight is 388 g/mol. The molecule has 1 aliphatic heterocycles. The molecule has 1 fully saturated rings. The molecule has 1 atom stereocenters. The minimum Gasteiger partial charge on any atom is -0.497 e. The summed E-state index contributed by atoms with van der Waals surface area (Å²) in [5.74, 6) is 0.806. The Morgan fingerprint density at radius 1 is 1.22 bits per heavy atom. The van der Waals surface area contributed by atoms with Crippen LogP contribution in [0.4, 0.5) is 0 Å². The lowest BCUT2D eigenvalue weighted by Crippen LogP contribution is -2.48. The molecule has 0 bridgehead atoms. The lowest BCUT2D eigenvalue weighted by molar-refractivity contribution is -0.121. The quantitative estimate of drug-likeness (QED) is 0.770. The number of thioether (sulfide) groups is 1. The topological polar surface area (TPSA) is 71.8 Å².